The average molecular weight is 426 g/mol. The molecule has 0 aliphatic rings. The van der Waals surface area contributed by atoms with Gasteiger partial charge in [-0.2, -0.15) is 0 Å². The van der Waals surface area contributed by atoms with Gasteiger partial charge in [0.25, 0.3) is 5.69 Å². The number of non-ortho nitro benzene ring substituents is 1. The number of nitrogens with one attached hydrogen (secondary N) is 1. The Morgan fingerprint density at radius 1 is 1.17 bits per heavy atom. The van der Waals surface area contributed by atoms with Crippen molar-refractivity contribution in [3.05, 3.63) is 63.7 Å². The molecule has 2 aromatic carbocycles. The molecule has 0 bridgehead atoms. The predicted octanol–water partition coefficient (Wildman–Crippen LogP) is 5.91. The first-order chi connectivity index (χ1) is 14.5. The van der Waals surface area contributed by atoms with Crippen LogP contribution >= 0.6 is 11.6 Å². The Morgan fingerprint density at radius 3 is 2.60 bits per heavy atom. The number of nitrogens with two attached hydrogens (primary N) is 1. The number of unbranched alkanes of at least 4 members (excludes halogenated alkanes) is 1. The van der Waals surface area contributed by atoms with Crippen LogP contribution in [0.3, 0.4) is 0 Å². The number of anilines is 2. The van der Waals surface area contributed by atoms with Gasteiger partial charge >= 0.3 is 0 Å². The molecule has 0 saturated heterocycles. The minimum absolute atomic E-state index is 0.105. The van der Waals surface area contributed by atoms with Crippen LogP contribution in [0.25, 0.3) is 11.4 Å². The number of nitrogens with zero attached hydrogens (tertiary/aromatic N) is 5. The zero-order chi connectivity index (χ0) is 21.5. The molecule has 9 nitrogen and oxygen atoms in total. The number of azo groups is 1. The fourth-order valence-corrected chi connectivity index (χ4v) is 2.80. The summed E-state index contributed by atoms with van der Waals surface area (Å²) in [4.78, 5) is 19.3. The van der Waals surface area contributed by atoms with Gasteiger partial charge in [0.1, 0.15) is 5.69 Å². The number of hydrogen-bond donors (Lipinski definition) is 2. The summed E-state index contributed by atoms with van der Waals surface area (Å²) in [5.41, 5.74) is 7.41. The number of rotatable bonds is 8. The first-order valence-corrected chi connectivity index (χ1v) is 9.70. The topological polar surface area (TPSA) is 132 Å². The predicted molar refractivity (Wildman–Crippen MR) is 118 cm³/mol. The molecule has 1 aromatic heterocycles. The molecule has 0 radical (unpaired) electrons. The number of hydrogen-bond acceptors (Lipinski definition) is 8. The Morgan fingerprint density at radius 2 is 1.93 bits per heavy atom. The average Bonchev–Trinajstić information content (AvgIpc) is 2.74. The number of halogens is 1. The number of benzene rings is 2. The molecule has 0 aliphatic heterocycles. The van der Waals surface area contributed by atoms with Crippen molar-refractivity contribution in [1.82, 2.24) is 9.97 Å². The molecule has 154 valence electrons. The van der Waals surface area contributed by atoms with Gasteiger partial charge in [0.05, 0.1) is 9.95 Å². The molecular formula is C20H20ClN7O2. The van der Waals surface area contributed by atoms with Crippen molar-refractivity contribution in [2.45, 2.75) is 19.8 Å². The highest BCUT2D eigenvalue weighted by molar-refractivity contribution is 6.33. The van der Waals surface area contributed by atoms with E-state index >= 15 is 0 Å². The molecule has 10 heteroatoms. The first kappa shape index (κ1) is 21.1. The third-order valence-electron chi connectivity index (χ3n) is 4.17. The molecule has 0 saturated carbocycles. The summed E-state index contributed by atoms with van der Waals surface area (Å²) >= 11 is 6.09. The van der Waals surface area contributed by atoms with Gasteiger partial charge in [-0.15, -0.1) is 10.2 Å². The molecule has 1 heterocycles. The smallest absolute Gasteiger partial charge is 0.271 e. The number of nitro benzene ring substituents is 1. The molecule has 0 spiro atoms. The van der Waals surface area contributed by atoms with Crippen LogP contribution < -0.4 is 11.1 Å². The zero-order valence-corrected chi connectivity index (χ0v) is 17.0. The van der Waals surface area contributed by atoms with Gasteiger partial charge in [-0.05, 0) is 12.5 Å². The van der Waals surface area contributed by atoms with E-state index in [4.69, 9.17) is 17.3 Å². The van der Waals surface area contributed by atoms with Gasteiger partial charge in [-0.3, -0.25) is 10.1 Å². The number of nitro groups is 1. The second-order valence-corrected chi connectivity index (χ2v) is 6.78. The van der Waals surface area contributed by atoms with Crippen LogP contribution in [0.4, 0.5) is 28.7 Å². The normalized spacial score (nSPS) is 11.0. The molecule has 3 N–H and O–H groups in total. The molecule has 3 aromatic rings. The van der Waals surface area contributed by atoms with Crippen molar-refractivity contribution >= 4 is 40.3 Å². The lowest BCUT2D eigenvalue weighted by molar-refractivity contribution is -0.384. The summed E-state index contributed by atoms with van der Waals surface area (Å²) in [5, 5.41) is 22.5. The maximum absolute atomic E-state index is 10.9. The van der Waals surface area contributed by atoms with E-state index in [2.05, 4.69) is 32.4 Å². The molecule has 3 rings (SSSR count). The summed E-state index contributed by atoms with van der Waals surface area (Å²) in [6.07, 6.45) is 1.95. The highest BCUT2D eigenvalue weighted by atomic mass is 35.5. The standard InChI is InChI=1S/C20H20ClN7O2/c1-2-3-11-23-20-17(18(22)24-19(25-20)13-7-5-4-6-8-13)27-26-16-10-9-14(28(29)30)12-15(16)21/h4-10,12H,2-3,11H2,1H3,(H3,22,23,24,25). The summed E-state index contributed by atoms with van der Waals surface area (Å²) < 4.78 is 0. The summed E-state index contributed by atoms with van der Waals surface area (Å²) in [6, 6.07) is 13.4. The van der Waals surface area contributed by atoms with E-state index in [-0.39, 0.29) is 27.9 Å². The summed E-state index contributed by atoms with van der Waals surface area (Å²) in [5.74, 6) is 1.08. The van der Waals surface area contributed by atoms with E-state index in [1.165, 1.54) is 18.2 Å². The minimum Gasteiger partial charge on any atom is -0.382 e. The van der Waals surface area contributed by atoms with Crippen molar-refractivity contribution in [3.63, 3.8) is 0 Å². The third-order valence-corrected chi connectivity index (χ3v) is 4.47. The van der Waals surface area contributed by atoms with Crippen LogP contribution in [0, 0.1) is 10.1 Å². The van der Waals surface area contributed by atoms with Crippen LogP contribution in [0.15, 0.2) is 58.8 Å². The second kappa shape index (κ2) is 9.75. The molecule has 30 heavy (non-hydrogen) atoms. The van der Waals surface area contributed by atoms with Gasteiger partial charge in [0, 0.05) is 24.2 Å². The monoisotopic (exact) mass is 425 g/mol. The first-order valence-electron chi connectivity index (χ1n) is 9.32. The lowest BCUT2D eigenvalue weighted by Crippen LogP contribution is -2.07. The van der Waals surface area contributed by atoms with E-state index in [0.717, 1.165) is 18.4 Å². The van der Waals surface area contributed by atoms with Gasteiger partial charge in [0.15, 0.2) is 23.1 Å². The fourth-order valence-electron chi connectivity index (χ4n) is 2.59. The molecule has 0 fully saturated rings. The quantitative estimate of drug-likeness (QED) is 0.199. The van der Waals surface area contributed by atoms with Crippen molar-refractivity contribution < 1.29 is 4.92 Å². The Labute approximate surface area is 178 Å². The number of nitrogen functional groups attached to an aromatic ring is 1. The molecule has 0 atom stereocenters. The molecular weight excluding hydrogens is 406 g/mol. The van der Waals surface area contributed by atoms with Crippen molar-refractivity contribution in [3.8, 4) is 11.4 Å². The highest BCUT2D eigenvalue weighted by Crippen LogP contribution is 2.35. The third kappa shape index (κ3) is 5.06. The van der Waals surface area contributed by atoms with Crippen LogP contribution in [0.1, 0.15) is 19.8 Å². The Balaban J connectivity index is 1.98. The largest absolute Gasteiger partial charge is 0.382 e. The van der Waals surface area contributed by atoms with Crippen LogP contribution in [-0.4, -0.2) is 21.4 Å². The van der Waals surface area contributed by atoms with Crippen LogP contribution in [0.5, 0.6) is 0 Å². The lowest BCUT2D eigenvalue weighted by Gasteiger charge is -2.11. The van der Waals surface area contributed by atoms with E-state index < -0.39 is 4.92 Å². The van der Waals surface area contributed by atoms with Crippen molar-refractivity contribution in [1.29, 1.82) is 0 Å². The highest BCUT2D eigenvalue weighted by Gasteiger charge is 2.14. The SMILES string of the molecule is CCCCNc1nc(-c2ccccc2)nc(N)c1N=Nc1ccc([N+](=O)[O-])cc1Cl. The summed E-state index contributed by atoms with van der Waals surface area (Å²) in [6.45, 7) is 2.77. The maximum atomic E-state index is 10.9. The van der Waals surface area contributed by atoms with Crippen LogP contribution in [-0.2, 0) is 0 Å². The molecule has 0 unspecified atom stereocenters. The Hall–Kier alpha value is -3.59. The number of aromatic nitrogens is 2. The van der Waals surface area contributed by atoms with E-state index in [1.54, 1.807) is 0 Å². The van der Waals surface area contributed by atoms with Crippen LogP contribution in [0.2, 0.25) is 5.02 Å². The summed E-state index contributed by atoms with van der Waals surface area (Å²) in [7, 11) is 0. The Bertz CT molecular complexity index is 1070. The molecule has 0 amide bonds. The fraction of sp³-hybridized carbons (Fsp3) is 0.200. The van der Waals surface area contributed by atoms with Crippen molar-refractivity contribution in [2.75, 3.05) is 17.6 Å². The van der Waals surface area contributed by atoms with Gasteiger partial charge in [-0.25, -0.2) is 9.97 Å². The Kier molecular flexibility index (Phi) is 6.87. The van der Waals surface area contributed by atoms with Crippen molar-refractivity contribution in [2.24, 2.45) is 10.2 Å². The minimum atomic E-state index is -0.531. The van der Waals surface area contributed by atoms with Gasteiger partial charge in [0.2, 0.25) is 0 Å². The lowest BCUT2D eigenvalue weighted by atomic mass is 10.2. The van der Waals surface area contributed by atoms with Gasteiger partial charge in [-0.1, -0.05) is 55.3 Å². The van der Waals surface area contributed by atoms with Gasteiger partial charge < -0.3 is 11.1 Å². The maximum Gasteiger partial charge on any atom is 0.271 e. The molecule has 0 aliphatic carbocycles. The van der Waals surface area contributed by atoms with E-state index in [0.29, 0.717) is 18.2 Å². The van der Waals surface area contributed by atoms with E-state index in [1.807, 2.05) is 30.3 Å². The zero-order valence-electron chi connectivity index (χ0n) is 16.2. The second-order valence-electron chi connectivity index (χ2n) is 6.37. The van der Waals surface area contributed by atoms with E-state index in [9.17, 15) is 10.1 Å².